The van der Waals surface area contributed by atoms with E-state index in [0.29, 0.717) is 0 Å². The summed E-state index contributed by atoms with van der Waals surface area (Å²) in [7, 11) is 1.87. The molecule has 3 nitrogen and oxygen atoms in total. The smallest absolute Gasteiger partial charge is 0.264 e. The van der Waals surface area contributed by atoms with Crippen LogP contribution in [0.15, 0.2) is 12.1 Å². The van der Waals surface area contributed by atoms with Gasteiger partial charge in [-0.1, -0.05) is 0 Å². The molecule has 0 aromatic carbocycles. The Morgan fingerprint density at radius 1 is 1.38 bits per heavy atom. The van der Waals surface area contributed by atoms with E-state index in [1.165, 1.54) is 11.3 Å². The van der Waals surface area contributed by atoms with Crippen LogP contribution >= 0.6 is 35.5 Å². The van der Waals surface area contributed by atoms with Crippen LogP contribution in [-0.2, 0) is 0 Å². The number of carbonyl (C=O) groups excluding carboxylic acids is 1. The van der Waals surface area contributed by atoms with Crippen LogP contribution in [0, 0.1) is 0 Å². The van der Waals surface area contributed by atoms with Crippen LogP contribution < -0.4 is 5.32 Å². The predicted molar refractivity (Wildman–Crippen MR) is 74.3 cm³/mol. The van der Waals surface area contributed by atoms with Gasteiger partial charge >= 0.3 is 0 Å². The van der Waals surface area contributed by atoms with E-state index in [1.807, 2.05) is 35.8 Å². The molecule has 90 valence electrons. The third kappa shape index (κ3) is 3.06. The second kappa shape index (κ2) is 6.37. The molecule has 2 rings (SSSR count). The number of thioether (sulfide) groups is 1. The molecule has 1 aromatic rings. The van der Waals surface area contributed by atoms with E-state index >= 15 is 0 Å². The molecule has 1 aliphatic heterocycles. The summed E-state index contributed by atoms with van der Waals surface area (Å²) in [5, 5.41) is 4.09. The molecule has 1 aromatic heterocycles. The van der Waals surface area contributed by atoms with Crippen molar-refractivity contribution in [3.05, 3.63) is 17.0 Å². The molecule has 0 bridgehead atoms. The predicted octanol–water partition coefficient (Wildman–Crippen LogP) is 2.40. The number of thiophene rings is 1. The monoisotopic (exact) mass is 278 g/mol. The average molecular weight is 279 g/mol. The highest BCUT2D eigenvalue weighted by atomic mass is 35.5. The first kappa shape index (κ1) is 13.7. The Kier molecular flexibility index (Phi) is 5.44. The number of halogens is 1. The maximum atomic E-state index is 12.0. The molecule has 16 heavy (non-hydrogen) atoms. The molecular weight excluding hydrogens is 264 g/mol. The summed E-state index contributed by atoms with van der Waals surface area (Å²) in [4.78, 5) is 14.8. The number of rotatable bonds is 2. The molecule has 0 radical (unpaired) electrons. The first-order valence-electron chi connectivity index (χ1n) is 4.96. The number of nitrogens with one attached hydrogen (secondary N) is 1. The van der Waals surface area contributed by atoms with Crippen LogP contribution in [0.1, 0.15) is 9.67 Å². The number of hydrogen-bond donors (Lipinski definition) is 1. The molecule has 0 atom stereocenters. The molecule has 0 unspecified atom stereocenters. The fourth-order valence-electron chi connectivity index (χ4n) is 1.51. The maximum absolute atomic E-state index is 12.0. The molecule has 1 aliphatic rings. The zero-order chi connectivity index (χ0) is 10.7. The van der Waals surface area contributed by atoms with Gasteiger partial charge in [0, 0.05) is 31.6 Å². The van der Waals surface area contributed by atoms with Crippen LogP contribution in [0.3, 0.4) is 0 Å². The summed E-state index contributed by atoms with van der Waals surface area (Å²) in [6, 6.07) is 3.86. The van der Waals surface area contributed by atoms with Crippen molar-refractivity contribution in [3.8, 4) is 0 Å². The lowest BCUT2D eigenvalue weighted by molar-refractivity contribution is 0.0777. The number of anilines is 1. The van der Waals surface area contributed by atoms with E-state index in [-0.39, 0.29) is 18.3 Å². The zero-order valence-electron chi connectivity index (χ0n) is 9.06. The molecular formula is C10H15ClN2OS2. The average Bonchev–Trinajstić information content (AvgIpc) is 2.78. The van der Waals surface area contributed by atoms with Gasteiger partial charge in [-0.2, -0.15) is 11.8 Å². The van der Waals surface area contributed by atoms with E-state index in [4.69, 9.17) is 0 Å². The Bertz CT molecular complexity index is 350. The van der Waals surface area contributed by atoms with Crippen molar-refractivity contribution in [2.45, 2.75) is 0 Å². The van der Waals surface area contributed by atoms with E-state index in [1.54, 1.807) is 0 Å². The summed E-state index contributed by atoms with van der Waals surface area (Å²) in [5.41, 5.74) is 0. The first-order chi connectivity index (χ1) is 7.31. The maximum Gasteiger partial charge on any atom is 0.264 e. The summed E-state index contributed by atoms with van der Waals surface area (Å²) in [6.45, 7) is 1.77. The van der Waals surface area contributed by atoms with Gasteiger partial charge in [-0.15, -0.1) is 23.7 Å². The molecule has 2 heterocycles. The van der Waals surface area contributed by atoms with Gasteiger partial charge in [0.1, 0.15) is 0 Å². The number of amides is 1. The SMILES string of the molecule is CNc1ccc(C(=O)N2CCSCC2)s1.Cl. The number of nitrogens with zero attached hydrogens (tertiary/aromatic N) is 1. The summed E-state index contributed by atoms with van der Waals surface area (Å²) in [5.74, 6) is 2.31. The summed E-state index contributed by atoms with van der Waals surface area (Å²) in [6.07, 6.45) is 0. The fourth-order valence-corrected chi connectivity index (χ4v) is 3.24. The third-order valence-corrected chi connectivity index (χ3v) is 4.39. The largest absolute Gasteiger partial charge is 0.380 e. The molecule has 1 saturated heterocycles. The van der Waals surface area contributed by atoms with E-state index < -0.39 is 0 Å². The van der Waals surface area contributed by atoms with Gasteiger partial charge < -0.3 is 10.2 Å². The minimum absolute atomic E-state index is 0. The first-order valence-corrected chi connectivity index (χ1v) is 6.93. The zero-order valence-corrected chi connectivity index (χ0v) is 11.5. The minimum Gasteiger partial charge on any atom is -0.380 e. The molecule has 6 heteroatoms. The van der Waals surface area contributed by atoms with E-state index in [9.17, 15) is 4.79 Å². The van der Waals surface area contributed by atoms with Crippen molar-refractivity contribution in [3.63, 3.8) is 0 Å². The lowest BCUT2D eigenvalue weighted by atomic mass is 10.4. The molecule has 1 amide bonds. The minimum atomic E-state index is 0. The Labute approximate surface area is 110 Å². The van der Waals surface area contributed by atoms with Gasteiger partial charge in [0.15, 0.2) is 0 Å². The van der Waals surface area contributed by atoms with Crippen LogP contribution in [0.25, 0.3) is 0 Å². The quantitative estimate of drug-likeness (QED) is 0.902. The second-order valence-electron chi connectivity index (χ2n) is 3.32. The summed E-state index contributed by atoms with van der Waals surface area (Å²) >= 11 is 3.44. The molecule has 0 spiro atoms. The second-order valence-corrected chi connectivity index (χ2v) is 5.63. The van der Waals surface area contributed by atoms with Gasteiger partial charge in [-0.3, -0.25) is 4.79 Å². The van der Waals surface area contributed by atoms with Crippen LogP contribution in [-0.4, -0.2) is 42.4 Å². The lowest BCUT2D eigenvalue weighted by Crippen LogP contribution is -2.37. The Balaban J connectivity index is 0.00000128. The Hall–Kier alpha value is -0.390. The summed E-state index contributed by atoms with van der Waals surface area (Å²) < 4.78 is 0. The van der Waals surface area contributed by atoms with Crippen molar-refractivity contribution < 1.29 is 4.79 Å². The van der Waals surface area contributed by atoms with Crippen LogP contribution in [0.4, 0.5) is 5.00 Å². The van der Waals surface area contributed by atoms with Crippen molar-refractivity contribution in [2.24, 2.45) is 0 Å². The highest BCUT2D eigenvalue weighted by molar-refractivity contribution is 7.99. The standard InChI is InChI=1S/C10H14N2OS2.ClH/c1-11-9-3-2-8(15-9)10(13)12-4-6-14-7-5-12;/h2-3,11H,4-7H2,1H3;1H. The number of carbonyl (C=O) groups is 1. The molecule has 1 fully saturated rings. The van der Waals surface area contributed by atoms with E-state index in [2.05, 4.69) is 5.32 Å². The van der Waals surface area contributed by atoms with Crippen LogP contribution in [0.2, 0.25) is 0 Å². The molecule has 0 saturated carbocycles. The highest BCUT2D eigenvalue weighted by Gasteiger charge is 2.19. The van der Waals surface area contributed by atoms with Gasteiger partial charge in [-0.05, 0) is 12.1 Å². The van der Waals surface area contributed by atoms with Gasteiger partial charge in [0.25, 0.3) is 5.91 Å². The van der Waals surface area contributed by atoms with Crippen molar-refractivity contribution in [2.75, 3.05) is 37.0 Å². The van der Waals surface area contributed by atoms with Gasteiger partial charge in [-0.25, -0.2) is 0 Å². The van der Waals surface area contributed by atoms with Crippen molar-refractivity contribution >= 4 is 46.4 Å². The van der Waals surface area contributed by atoms with Crippen molar-refractivity contribution in [1.29, 1.82) is 0 Å². The molecule has 0 aliphatic carbocycles. The lowest BCUT2D eigenvalue weighted by Gasteiger charge is -2.25. The fraction of sp³-hybridized carbons (Fsp3) is 0.500. The molecule has 1 N–H and O–H groups in total. The third-order valence-electron chi connectivity index (χ3n) is 2.36. The topological polar surface area (TPSA) is 32.3 Å². The number of hydrogen-bond acceptors (Lipinski definition) is 4. The van der Waals surface area contributed by atoms with Gasteiger partial charge in [0.05, 0.1) is 9.88 Å². The van der Waals surface area contributed by atoms with Crippen LogP contribution in [0.5, 0.6) is 0 Å². The van der Waals surface area contributed by atoms with Gasteiger partial charge in [0.2, 0.25) is 0 Å². The van der Waals surface area contributed by atoms with E-state index in [0.717, 1.165) is 34.5 Å². The Morgan fingerprint density at radius 3 is 2.62 bits per heavy atom. The van der Waals surface area contributed by atoms with Crippen molar-refractivity contribution in [1.82, 2.24) is 4.90 Å². The normalized spacial score (nSPS) is 15.4. The Morgan fingerprint density at radius 2 is 2.06 bits per heavy atom. The highest BCUT2D eigenvalue weighted by Crippen LogP contribution is 2.23.